The van der Waals surface area contributed by atoms with Crippen molar-refractivity contribution in [2.75, 3.05) is 12.4 Å². The lowest BCUT2D eigenvalue weighted by Crippen LogP contribution is -2.06. The van der Waals surface area contributed by atoms with E-state index in [0.717, 1.165) is 24.5 Å². The number of methoxy groups -OCH3 is 1. The highest BCUT2D eigenvalue weighted by atomic mass is 16.5. The number of imidazole rings is 1. The number of hydrogen-bond donors (Lipinski definition) is 1. The van der Waals surface area contributed by atoms with Gasteiger partial charge in [-0.2, -0.15) is 0 Å². The zero-order valence-corrected chi connectivity index (χ0v) is 10.2. The highest BCUT2D eigenvalue weighted by Gasteiger charge is 2.03. The molecule has 1 N–H and O–H groups in total. The van der Waals surface area contributed by atoms with E-state index in [1.807, 2.05) is 36.8 Å². The Bertz CT molecular complexity index is 479. The molecule has 0 bridgehead atoms. The number of aryl methyl sites for hydroxylation is 1. The van der Waals surface area contributed by atoms with Crippen LogP contribution >= 0.6 is 0 Å². The van der Waals surface area contributed by atoms with Crippen molar-refractivity contribution >= 4 is 5.69 Å². The summed E-state index contributed by atoms with van der Waals surface area (Å²) in [5, 5.41) is 3.36. The molecule has 1 aromatic carbocycles. The van der Waals surface area contributed by atoms with Gasteiger partial charge in [0.1, 0.15) is 5.75 Å². The molecule has 4 heteroatoms. The molecule has 90 valence electrons. The fourth-order valence-corrected chi connectivity index (χ4v) is 1.76. The molecule has 0 aliphatic heterocycles. The molecular weight excluding hydrogens is 214 g/mol. The molecule has 0 unspecified atom stereocenters. The Morgan fingerprint density at radius 3 is 2.94 bits per heavy atom. The number of ether oxygens (including phenoxy) is 1. The Kier molecular flexibility index (Phi) is 3.65. The van der Waals surface area contributed by atoms with Crippen LogP contribution in [0.5, 0.6) is 5.75 Å². The van der Waals surface area contributed by atoms with Crippen LogP contribution in [0, 0.1) is 0 Å². The first-order chi connectivity index (χ1) is 8.35. The Balaban J connectivity index is 2.07. The molecule has 0 aliphatic carbocycles. The summed E-state index contributed by atoms with van der Waals surface area (Å²) in [5.41, 5.74) is 2.16. The van der Waals surface area contributed by atoms with Crippen LogP contribution in [0.4, 0.5) is 5.69 Å². The molecular formula is C13H17N3O. The lowest BCUT2D eigenvalue weighted by Gasteiger charge is -2.11. The maximum Gasteiger partial charge on any atom is 0.141 e. The van der Waals surface area contributed by atoms with E-state index < -0.39 is 0 Å². The average Bonchev–Trinajstić information content (AvgIpc) is 2.84. The van der Waals surface area contributed by atoms with Gasteiger partial charge in [0.15, 0.2) is 0 Å². The molecule has 1 aromatic heterocycles. The molecule has 0 fully saturated rings. The van der Waals surface area contributed by atoms with Crippen LogP contribution in [0.3, 0.4) is 0 Å². The first-order valence-electron chi connectivity index (χ1n) is 5.71. The van der Waals surface area contributed by atoms with Crippen LogP contribution in [0.15, 0.2) is 36.8 Å². The highest BCUT2D eigenvalue weighted by Crippen LogP contribution is 2.23. The zero-order chi connectivity index (χ0) is 12.1. The number of aromatic nitrogens is 2. The standard InChI is InChI=1S/C13H17N3O/c1-3-16-10-14-8-11(16)9-15-12-6-4-5-7-13(12)17-2/h4-8,10,15H,3,9H2,1-2H3. The van der Waals surface area contributed by atoms with Gasteiger partial charge in [0.2, 0.25) is 0 Å². The third kappa shape index (κ3) is 2.58. The average molecular weight is 231 g/mol. The maximum atomic E-state index is 5.29. The first-order valence-corrected chi connectivity index (χ1v) is 5.71. The predicted molar refractivity (Wildman–Crippen MR) is 68.2 cm³/mol. The fourth-order valence-electron chi connectivity index (χ4n) is 1.76. The smallest absolute Gasteiger partial charge is 0.141 e. The molecule has 2 rings (SSSR count). The van der Waals surface area contributed by atoms with Gasteiger partial charge in [-0.25, -0.2) is 4.98 Å². The van der Waals surface area contributed by atoms with E-state index in [9.17, 15) is 0 Å². The third-order valence-corrected chi connectivity index (χ3v) is 2.71. The van der Waals surface area contributed by atoms with E-state index in [-0.39, 0.29) is 0 Å². The number of nitrogens with zero attached hydrogens (tertiary/aromatic N) is 2. The maximum absolute atomic E-state index is 5.29. The number of para-hydroxylation sites is 2. The summed E-state index contributed by atoms with van der Waals surface area (Å²) < 4.78 is 7.40. The minimum atomic E-state index is 0.744. The summed E-state index contributed by atoms with van der Waals surface area (Å²) >= 11 is 0. The molecule has 0 atom stereocenters. The van der Waals surface area contributed by atoms with Crippen LogP contribution in [0.25, 0.3) is 0 Å². The minimum absolute atomic E-state index is 0.744. The Morgan fingerprint density at radius 2 is 2.18 bits per heavy atom. The van der Waals surface area contributed by atoms with E-state index in [2.05, 4.69) is 21.8 Å². The lowest BCUT2D eigenvalue weighted by atomic mass is 10.3. The van der Waals surface area contributed by atoms with E-state index >= 15 is 0 Å². The number of nitrogens with one attached hydrogen (secondary N) is 1. The second-order valence-electron chi connectivity index (χ2n) is 3.72. The van der Waals surface area contributed by atoms with E-state index in [0.29, 0.717) is 0 Å². The van der Waals surface area contributed by atoms with E-state index in [1.165, 1.54) is 5.69 Å². The monoisotopic (exact) mass is 231 g/mol. The van der Waals surface area contributed by atoms with Crippen LogP contribution in [-0.2, 0) is 13.1 Å². The number of anilines is 1. The molecule has 0 saturated heterocycles. The van der Waals surface area contributed by atoms with Gasteiger partial charge in [-0.15, -0.1) is 0 Å². The van der Waals surface area contributed by atoms with Crippen LogP contribution in [0.2, 0.25) is 0 Å². The van der Waals surface area contributed by atoms with Crippen molar-refractivity contribution < 1.29 is 4.74 Å². The molecule has 17 heavy (non-hydrogen) atoms. The molecule has 0 aliphatic rings. The van der Waals surface area contributed by atoms with E-state index in [1.54, 1.807) is 7.11 Å². The largest absolute Gasteiger partial charge is 0.495 e. The van der Waals surface area contributed by atoms with Gasteiger partial charge in [0.05, 0.1) is 31.4 Å². The molecule has 2 aromatic rings. The normalized spacial score (nSPS) is 10.2. The van der Waals surface area contributed by atoms with Gasteiger partial charge in [0.25, 0.3) is 0 Å². The summed E-state index contributed by atoms with van der Waals surface area (Å²) in [4.78, 5) is 4.14. The quantitative estimate of drug-likeness (QED) is 0.859. The van der Waals surface area contributed by atoms with Crippen molar-refractivity contribution in [2.24, 2.45) is 0 Å². The summed E-state index contributed by atoms with van der Waals surface area (Å²) in [6.45, 7) is 3.78. The SMILES string of the molecule is CCn1cncc1CNc1ccccc1OC. The number of rotatable bonds is 5. The molecule has 4 nitrogen and oxygen atoms in total. The summed E-state index contributed by atoms with van der Waals surface area (Å²) in [5.74, 6) is 0.857. The van der Waals surface area contributed by atoms with Crippen LogP contribution in [-0.4, -0.2) is 16.7 Å². The summed E-state index contributed by atoms with van der Waals surface area (Å²) in [7, 11) is 1.68. The first kappa shape index (κ1) is 11.5. The van der Waals surface area contributed by atoms with Gasteiger partial charge in [-0.1, -0.05) is 12.1 Å². The van der Waals surface area contributed by atoms with Crippen molar-refractivity contribution in [3.63, 3.8) is 0 Å². The van der Waals surface area contributed by atoms with Gasteiger partial charge in [-0.3, -0.25) is 0 Å². The predicted octanol–water partition coefficient (Wildman–Crippen LogP) is 2.52. The topological polar surface area (TPSA) is 39.1 Å². The van der Waals surface area contributed by atoms with Crippen molar-refractivity contribution in [3.05, 3.63) is 42.5 Å². The summed E-state index contributed by atoms with van der Waals surface area (Å²) in [6, 6.07) is 7.90. The van der Waals surface area contributed by atoms with Crippen molar-refractivity contribution in [3.8, 4) is 5.75 Å². The second kappa shape index (κ2) is 5.39. The molecule has 1 heterocycles. The van der Waals surface area contributed by atoms with Gasteiger partial charge in [-0.05, 0) is 19.1 Å². The number of benzene rings is 1. The van der Waals surface area contributed by atoms with Crippen LogP contribution < -0.4 is 10.1 Å². The fraction of sp³-hybridized carbons (Fsp3) is 0.308. The molecule has 0 saturated carbocycles. The molecule has 0 spiro atoms. The Hall–Kier alpha value is -1.97. The zero-order valence-electron chi connectivity index (χ0n) is 10.2. The summed E-state index contributed by atoms with van der Waals surface area (Å²) in [6.07, 6.45) is 3.73. The van der Waals surface area contributed by atoms with Gasteiger partial charge >= 0.3 is 0 Å². The highest BCUT2D eigenvalue weighted by molar-refractivity contribution is 5.56. The Labute approximate surface area is 101 Å². The van der Waals surface area contributed by atoms with Gasteiger partial charge < -0.3 is 14.6 Å². The van der Waals surface area contributed by atoms with Crippen LogP contribution in [0.1, 0.15) is 12.6 Å². The second-order valence-corrected chi connectivity index (χ2v) is 3.72. The van der Waals surface area contributed by atoms with Crippen molar-refractivity contribution in [1.82, 2.24) is 9.55 Å². The lowest BCUT2D eigenvalue weighted by molar-refractivity contribution is 0.416. The molecule has 0 amide bonds. The van der Waals surface area contributed by atoms with Gasteiger partial charge in [0, 0.05) is 12.7 Å². The van der Waals surface area contributed by atoms with E-state index in [4.69, 9.17) is 4.74 Å². The third-order valence-electron chi connectivity index (χ3n) is 2.71. The number of hydrogen-bond acceptors (Lipinski definition) is 3. The van der Waals surface area contributed by atoms with Crippen molar-refractivity contribution in [2.45, 2.75) is 20.0 Å². The molecule has 0 radical (unpaired) electrons. The minimum Gasteiger partial charge on any atom is -0.495 e. The van der Waals surface area contributed by atoms with Crippen molar-refractivity contribution in [1.29, 1.82) is 0 Å². The Morgan fingerprint density at radius 1 is 1.35 bits per heavy atom.